The number of hydrazone groups is 1. The minimum atomic E-state index is -0.604. The molecular formula is C17H18N4O6. The summed E-state index contributed by atoms with van der Waals surface area (Å²) in [7, 11) is 4.49. The minimum absolute atomic E-state index is 0.0682. The molecule has 0 aliphatic rings. The van der Waals surface area contributed by atoms with E-state index in [2.05, 4.69) is 15.8 Å². The van der Waals surface area contributed by atoms with Gasteiger partial charge in [0, 0.05) is 23.4 Å². The quantitative estimate of drug-likeness (QED) is 0.436. The highest BCUT2D eigenvalue weighted by Crippen LogP contribution is 2.37. The summed E-state index contributed by atoms with van der Waals surface area (Å²) < 4.78 is 15.7. The summed E-state index contributed by atoms with van der Waals surface area (Å²) in [6, 6.07) is 8.14. The highest BCUT2D eigenvalue weighted by atomic mass is 16.6. The molecule has 2 rings (SSSR count). The van der Waals surface area contributed by atoms with Crippen molar-refractivity contribution < 1.29 is 23.9 Å². The van der Waals surface area contributed by atoms with Gasteiger partial charge >= 0.3 is 6.03 Å². The van der Waals surface area contributed by atoms with Crippen molar-refractivity contribution in [2.45, 2.75) is 0 Å². The maximum Gasteiger partial charge on any atom is 0.339 e. The van der Waals surface area contributed by atoms with Gasteiger partial charge in [0.25, 0.3) is 5.69 Å². The second kappa shape index (κ2) is 9.04. The van der Waals surface area contributed by atoms with Crippen LogP contribution in [0.2, 0.25) is 0 Å². The Morgan fingerprint density at radius 2 is 1.67 bits per heavy atom. The van der Waals surface area contributed by atoms with E-state index in [-0.39, 0.29) is 5.69 Å². The molecule has 0 heterocycles. The lowest BCUT2D eigenvalue weighted by Crippen LogP contribution is -2.24. The third-order valence-electron chi connectivity index (χ3n) is 3.40. The maximum atomic E-state index is 11.8. The molecule has 2 aromatic carbocycles. The Morgan fingerprint density at radius 3 is 2.15 bits per heavy atom. The molecule has 2 aromatic rings. The highest BCUT2D eigenvalue weighted by Gasteiger charge is 2.12. The van der Waals surface area contributed by atoms with Gasteiger partial charge in [-0.1, -0.05) is 0 Å². The van der Waals surface area contributed by atoms with E-state index in [4.69, 9.17) is 14.2 Å². The number of amides is 2. The monoisotopic (exact) mass is 374 g/mol. The Bertz CT molecular complexity index is 826. The van der Waals surface area contributed by atoms with Crippen molar-refractivity contribution in [1.82, 2.24) is 5.43 Å². The van der Waals surface area contributed by atoms with Crippen molar-refractivity contribution in [2.75, 3.05) is 26.6 Å². The van der Waals surface area contributed by atoms with E-state index in [1.807, 2.05) is 0 Å². The van der Waals surface area contributed by atoms with E-state index in [0.717, 1.165) is 0 Å². The van der Waals surface area contributed by atoms with Crippen LogP contribution in [0.4, 0.5) is 16.2 Å². The molecule has 10 heteroatoms. The first kappa shape index (κ1) is 19.5. The Labute approximate surface area is 154 Å². The van der Waals surface area contributed by atoms with Gasteiger partial charge in [-0.05, 0) is 24.3 Å². The number of urea groups is 1. The Hall–Kier alpha value is -3.82. The molecule has 0 saturated heterocycles. The summed E-state index contributed by atoms with van der Waals surface area (Å²) in [5.74, 6) is 1.35. The molecule has 0 radical (unpaired) electrons. The number of benzene rings is 2. The smallest absolute Gasteiger partial charge is 0.339 e. The summed E-state index contributed by atoms with van der Waals surface area (Å²) in [4.78, 5) is 21.9. The largest absolute Gasteiger partial charge is 0.493 e. The normalized spacial score (nSPS) is 10.3. The van der Waals surface area contributed by atoms with E-state index in [1.54, 1.807) is 12.1 Å². The Balaban J connectivity index is 2.02. The molecule has 0 unspecified atom stereocenters. The standard InChI is InChI=1S/C17H18N4O6/c1-25-14-8-11(9-15(26-2)16(14)27-3)10-18-20-17(22)19-12-4-6-13(7-5-12)21(23)24/h4-10H,1-3H3,(H2,19,20,22)/b18-10+. The van der Waals surface area contributed by atoms with Gasteiger partial charge in [-0.3, -0.25) is 10.1 Å². The van der Waals surface area contributed by atoms with E-state index >= 15 is 0 Å². The van der Waals surface area contributed by atoms with Crippen LogP contribution in [0.5, 0.6) is 17.2 Å². The zero-order valence-electron chi connectivity index (χ0n) is 14.9. The number of anilines is 1. The minimum Gasteiger partial charge on any atom is -0.493 e. The third kappa shape index (κ3) is 5.08. The van der Waals surface area contributed by atoms with E-state index in [9.17, 15) is 14.9 Å². The molecule has 0 fully saturated rings. The van der Waals surface area contributed by atoms with E-state index < -0.39 is 11.0 Å². The van der Waals surface area contributed by atoms with Crippen LogP contribution in [0.15, 0.2) is 41.5 Å². The summed E-state index contributed by atoms with van der Waals surface area (Å²) in [6.07, 6.45) is 1.40. The summed E-state index contributed by atoms with van der Waals surface area (Å²) in [5.41, 5.74) is 3.23. The van der Waals surface area contributed by atoms with Gasteiger partial charge in [-0.25, -0.2) is 10.2 Å². The SMILES string of the molecule is COc1cc(/C=N/NC(=O)Nc2ccc([N+](=O)[O-])cc2)cc(OC)c1OC. The number of nitrogens with zero attached hydrogens (tertiary/aromatic N) is 2. The number of ether oxygens (including phenoxy) is 3. The molecule has 0 aliphatic carbocycles. The van der Waals surface area contributed by atoms with Crippen LogP contribution in [0.1, 0.15) is 5.56 Å². The number of hydrogen-bond acceptors (Lipinski definition) is 7. The van der Waals surface area contributed by atoms with Crippen molar-refractivity contribution in [3.05, 3.63) is 52.1 Å². The first-order chi connectivity index (χ1) is 13.0. The Morgan fingerprint density at radius 1 is 1.07 bits per heavy atom. The topological polar surface area (TPSA) is 124 Å². The average Bonchev–Trinajstić information content (AvgIpc) is 2.67. The number of non-ortho nitro benzene ring substituents is 1. The number of carbonyl (C=O) groups is 1. The van der Waals surface area contributed by atoms with E-state index in [0.29, 0.717) is 28.5 Å². The molecule has 0 atom stereocenters. The third-order valence-corrected chi connectivity index (χ3v) is 3.40. The summed E-state index contributed by atoms with van der Waals surface area (Å²) in [5, 5.41) is 16.9. The van der Waals surface area contributed by atoms with Gasteiger partial charge < -0.3 is 19.5 Å². The fraction of sp³-hybridized carbons (Fsp3) is 0.176. The van der Waals surface area contributed by atoms with Crippen LogP contribution in [0.25, 0.3) is 0 Å². The molecule has 0 spiro atoms. The molecule has 10 nitrogen and oxygen atoms in total. The fourth-order valence-corrected chi connectivity index (χ4v) is 2.17. The number of hydrogen-bond donors (Lipinski definition) is 2. The van der Waals surface area contributed by atoms with Crippen LogP contribution >= 0.6 is 0 Å². The van der Waals surface area contributed by atoms with E-state index in [1.165, 1.54) is 51.8 Å². The molecular weight excluding hydrogens is 356 g/mol. The van der Waals surface area contributed by atoms with Crippen molar-refractivity contribution in [3.63, 3.8) is 0 Å². The number of methoxy groups -OCH3 is 3. The Kier molecular flexibility index (Phi) is 6.53. The molecule has 0 bridgehead atoms. The lowest BCUT2D eigenvalue weighted by atomic mass is 10.2. The predicted molar refractivity (Wildman–Crippen MR) is 98.9 cm³/mol. The number of nitro groups is 1. The van der Waals surface area contributed by atoms with Gasteiger partial charge in [-0.2, -0.15) is 5.10 Å². The fourth-order valence-electron chi connectivity index (χ4n) is 2.17. The van der Waals surface area contributed by atoms with Gasteiger partial charge in [0.05, 0.1) is 32.5 Å². The maximum absolute atomic E-state index is 11.8. The van der Waals surface area contributed by atoms with Crippen LogP contribution < -0.4 is 25.0 Å². The predicted octanol–water partition coefficient (Wildman–Crippen LogP) is 2.78. The van der Waals surface area contributed by atoms with Gasteiger partial charge in [0.15, 0.2) is 11.5 Å². The zero-order valence-corrected chi connectivity index (χ0v) is 14.9. The molecule has 2 amide bonds. The second-order valence-electron chi connectivity index (χ2n) is 5.09. The second-order valence-corrected chi connectivity index (χ2v) is 5.09. The van der Waals surface area contributed by atoms with Gasteiger partial charge in [0.2, 0.25) is 5.75 Å². The molecule has 0 saturated carbocycles. The molecule has 27 heavy (non-hydrogen) atoms. The van der Waals surface area contributed by atoms with Gasteiger partial charge in [-0.15, -0.1) is 0 Å². The van der Waals surface area contributed by atoms with Crippen molar-refractivity contribution in [2.24, 2.45) is 5.10 Å². The van der Waals surface area contributed by atoms with Crippen molar-refractivity contribution >= 4 is 23.6 Å². The summed E-state index contributed by atoms with van der Waals surface area (Å²) in [6.45, 7) is 0. The lowest BCUT2D eigenvalue weighted by molar-refractivity contribution is -0.384. The van der Waals surface area contributed by atoms with Crippen molar-refractivity contribution in [1.29, 1.82) is 0 Å². The molecule has 2 N–H and O–H groups in total. The van der Waals surface area contributed by atoms with Crippen LogP contribution in [0.3, 0.4) is 0 Å². The number of nitro benzene ring substituents is 1. The first-order valence-corrected chi connectivity index (χ1v) is 7.63. The van der Waals surface area contributed by atoms with Crippen LogP contribution in [0, 0.1) is 10.1 Å². The van der Waals surface area contributed by atoms with Gasteiger partial charge in [0.1, 0.15) is 0 Å². The highest BCUT2D eigenvalue weighted by molar-refractivity contribution is 5.90. The number of carbonyl (C=O) groups excluding carboxylic acids is 1. The average molecular weight is 374 g/mol. The lowest BCUT2D eigenvalue weighted by Gasteiger charge is -2.12. The molecule has 0 aromatic heterocycles. The van der Waals surface area contributed by atoms with Crippen LogP contribution in [-0.2, 0) is 0 Å². The summed E-state index contributed by atoms with van der Waals surface area (Å²) >= 11 is 0. The molecule has 142 valence electrons. The van der Waals surface area contributed by atoms with Crippen LogP contribution in [-0.4, -0.2) is 38.5 Å². The first-order valence-electron chi connectivity index (χ1n) is 7.63. The number of rotatable bonds is 7. The molecule has 0 aliphatic heterocycles. The van der Waals surface area contributed by atoms with Crippen molar-refractivity contribution in [3.8, 4) is 17.2 Å². The number of nitrogens with one attached hydrogen (secondary N) is 2. The zero-order chi connectivity index (χ0) is 19.8.